The first kappa shape index (κ1) is 46.1. The molecule has 47 heavy (non-hydrogen) atoms. The van der Waals surface area contributed by atoms with Crippen LogP contribution in [0.4, 0.5) is 0 Å². The molecule has 0 aliphatic rings. The Morgan fingerprint density at radius 3 is 1.77 bits per heavy atom. The van der Waals surface area contributed by atoms with Gasteiger partial charge in [-0.3, -0.25) is 0 Å². The zero-order chi connectivity index (χ0) is 34.6. The fourth-order valence-corrected chi connectivity index (χ4v) is 7.17. The lowest BCUT2D eigenvalue weighted by Gasteiger charge is -2.39. The van der Waals surface area contributed by atoms with Gasteiger partial charge < -0.3 is 19.7 Å². The van der Waals surface area contributed by atoms with Crippen LogP contribution in [0.2, 0.25) is 0 Å². The number of nitrogens with zero attached hydrogens (tertiary/aromatic N) is 1. The molecule has 4 heteroatoms. The summed E-state index contributed by atoms with van der Waals surface area (Å²) in [6.07, 6.45) is 37.2. The van der Waals surface area contributed by atoms with Gasteiger partial charge in [0.15, 0.2) is 0 Å². The van der Waals surface area contributed by atoms with Gasteiger partial charge in [-0.15, -0.1) is 0 Å². The first-order valence-electron chi connectivity index (χ1n) is 21.2. The van der Waals surface area contributed by atoms with Gasteiger partial charge in [-0.2, -0.15) is 0 Å². The van der Waals surface area contributed by atoms with Crippen molar-refractivity contribution < 1.29 is 9.53 Å². The summed E-state index contributed by atoms with van der Waals surface area (Å²) in [4.78, 5) is 13.4. The van der Waals surface area contributed by atoms with Crippen LogP contribution in [0.3, 0.4) is 0 Å². The van der Waals surface area contributed by atoms with Gasteiger partial charge in [0.05, 0.1) is 0 Å². The molecule has 3 atom stereocenters. The molecule has 0 aromatic carbocycles. The first-order chi connectivity index (χ1) is 23.0. The van der Waals surface area contributed by atoms with Crippen LogP contribution >= 0.6 is 0 Å². The van der Waals surface area contributed by atoms with Crippen molar-refractivity contribution >= 4 is 6.29 Å². The summed E-state index contributed by atoms with van der Waals surface area (Å²) in [6, 6.07) is 0.633. The van der Waals surface area contributed by atoms with E-state index in [9.17, 15) is 4.79 Å². The molecule has 0 saturated carbocycles. The molecule has 0 aliphatic heterocycles. The largest absolute Gasteiger partial charge is 0.381 e. The Hall–Kier alpha value is -0.870. The van der Waals surface area contributed by atoms with Crippen molar-refractivity contribution in [3.05, 3.63) is 12.3 Å². The fraction of sp³-hybridized carbons (Fsp3) is 0.930. The Morgan fingerprint density at radius 2 is 1.19 bits per heavy atom. The van der Waals surface area contributed by atoms with Crippen LogP contribution in [0.25, 0.3) is 0 Å². The van der Waals surface area contributed by atoms with Gasteiger partial charge in [0.25, 0.3) is 0 Å². The van der Waals surface area contributed by atoms with Gasteiger partial charge in [0.1, 0.15) is 6.29 Å². The van der Waals surface area contributed by atoms with E-state index >= 15 is 0 Å². The summed E-state index contributed by atoms with van der Waals surface area (Å²) in [5.74, 6) is 1.34. The highest BCUT2D eigenvalue weighted by molar-refractivity contribution is 5.48. The topological polar surface area (TPSA) is 41.6 Å². The standard InChI is InChI=1S/C43H86N2O2/c1-7-10-12-25-31-40(4)39-47-38-29-23-19-14-13-16-20-26-33-43(34-27-21-17-15-18-22-28-37-46)45(36-30-35-44-6)41(5)42(9-3)32-24-11-8-2/h37,40,42-44H,5,7-36,38-39H2,1-4,6H3. The maximum absolute atomic E-state index is 10.6. The molecule has 0 rings (SSSR count). The molecule has 0 radical (unpaired) electrons. The molecule has 0 bridgehead atoms. The van der Waals surface area contributed by atoms with Crippen molar-refractivity contribution in [1.82, 2.24) is 10.2 Å². The number of aldehydes is 1. The number of unbranched alkanes of at least 4 members (excludes halogenated alkanes) is 18. The predicted molar refractivity (Wildman–Crippen MR) is 209 cm³/mol. The van der Waals surface area contributed by atoms with Crippen molar-refractivity contribution in [2.75, 3.05) is 33.4 Å². The number of allylic oxidation sites excluding steroid dienone is 1. The van der Waals surface area contributed by atoms with Gasteiger partial charge in [-0.25, -0.2) is 0 Å². The Balaban J connectivity index is 4.65. The smallest absolute Gasteiger partial charge is 0.119 e. The number of ether oxygens (including phenoxy) is 1. The van der Waals surface area contributed by atoms with E-state index in [2.05, 4.69) is 45.0 Å². The average Bonchev–Trinajstić information content (AvgIpc) is 3.07. The molecule has 4 nitrogen and oxygen atoms in total. The van der Waals surface area contributed by atoms with E-state index < -0.39 is 0 Å². The normalized spacial score (nSPS) is 13.5. The maximum Gasteiger partial charge on any atom is 0.119 e. The van der Waals surface area contributed by atoms with Gasteiger partial charge in [0.2, 0.25) is 0 Å². The van der Waals surface area contributed by atoms with Gasteiger partial charge in [-0.1, -0.05) is 156 Å². The molecule has 0 fully saturated rings. The van der Waals surface area contributed by atoms with Gasteiger partial charge >= 0.3 is 0 Å². The van der Waals surface area contributed by atoms with Crippen LogP contribution in [0.1, 0.15) is 207 Å². The molecule has 280 valence electrons. The summed E-state index contributed by atoms with van der Waals surface area (Å²) in [5, 5.41) is 3.39. The molecule has 0 heterocycles. The number of hydrogen-bond acceptors (Lipinski definition) is 4. The lowest BCUT2D eigenvalue weighted by molar-refractivity contribution is -0.107. The highest BCUT2D eigenvalue weighted by Gasteiger charge is 2.23. The number of nitrogens with one attached hydrogen (secondary N) is 1. The Morgan fingerprint density at radius 1 is 0.681 bits per heavy atom. The monoisotopic (exact) mass is 663 g/mol. The third-order valence-corrected chi connectivity index (χ3v) is 10.4. The second-order valence-corrected chi connectivity index (χ2v) is 14.9. The number of hydrogen-bond donors (Lipinski definition) is 1. The van der Waals surface area contributed by atoms with E-state index in [4.69, 9.17) is 11.3 Å². The maximum atomic E-state index is 10.6. The second kappa shape index (κ2) is 36.4. The Labute approximate surface area is 296 Å². The molecule has 0 spiro atoms. The second-order valence-electron chi connectivity index (χ2n) is 14.9. The van der Waals surface area contributed by atoms with Crippen LogP contribution in [-0.2, 0) is 9.53 Å². The molecule has 0 aromatic rings. The molecule has 1 N–H and O–H groups in total. The van der Waals surface area contributed by atoms with Crippen molar-refractivity contribution in [3.63, 3.8) is 0 Å². The zero-order valence-corrected chi connectivity index (χ0v) is 32.9. The van der Waals surface area contributed by atoms with Crippen molar-refractivity contribution in [3.8, 4) is 0 Å². The minimum atomic E-state index is 0.626. The summed E-state index contributed by atoms with van der Waals surface area (Å²) < 4.78 is 5.98. The van der Waals surface area contributed by atoms with E-state index in [1.807, 2.05) is 0 Å². The first-order valence-corrected chi connectivity index (χ1v) is 21.2. The molecule has 3 unspecified atom stereocenters. The molecule has 0 saturated heterocycles. The molecule has 0 aromatic heterocycles. The minimum absolute atomic E-state index is 0.626. The highest BCUT2D eigenvalue weighted by atomic mass is 16.5. The van der Waals surface area contributed by atoms with Crippen molar-refractivity contribution in [1.29, 1.82) is 0 Å². The van der Waals surface area contributed by atoms with E-state index in [0.29, 0.717) is 17.9 Å². The van der Waals surface area contributed by atoms with E-state index in [0.717, 1.165) is 45.4 Å². The minimum Gasteiger partial charge on any atom is -0.381 e. The van der Waals surface area contributed by atoms with Crippen LogP contribution in [0.5, 0.6) is 0 Å². The van der Waals surface area contributed by atoms with E-state index in [-0.39, 0.29) is 0 Å². The number of carbonyl (C=O) groups is 1. The van der Waals surface area contributed by atoms with Crippen molar-refractivity contribution in [2.24, 2.45) is 11.8 Å². The van der Waals surface area contributed by atoms with Crippen LogP contribution in [0, 0.1) is 11.8 Å². The SMILES string of the molecule is C=C(C(CC)CCCCC)N(CCCNC)C(CCCCCCCCC=O)CCCCCCCCCCOCC(C)CCCCCC. The lowest BCUT2D eigenvalue weighted by Crippen LogP contribution is -2.38. The fourth-order valence-electron chi connectivity index (χ4n) is 7.17. The summed E-state index contributed by atoms with van der Waals surface area (Å²) in [7, 11) is 2.08. The summed E-state index contributed by atoms with van der Waals surface area (Å²) >= 11 is 0. The number of carbonyl (C=O) groups excluding carboxylic acids is 1. The van der Waals surface area contributed by atoms with Gasteiger partial charge in [-0.05, 0) is 76.8 Å². The van der Waals surface area contributed by atoms with Crippen LogP contribution in [0.15, 0.2) is 12.3 Å². The summed E-state index contributed by atoms with van der Waals surface area (Å²) in [5.41, 5.74) is 1.43. The van der Waals surface area contributed by atoms with Crippen LogP contribution in [-0.4, -0.2) is 50.6 Å². The lowest BCUT2D eigenvalue weighted by atomic mass is 9.91. The van der Waals surface area contributed by atoms with Crippen molar-refractivity contribution in [2.45, 2.75) is 214 Å². The van der Waals surface area contributed by atoms with E-state index in [1.54, 1.807) is 0 Å². The Bertz CT molecular complexity index is 654. The predicted octanol–water partition coefficient (Wildman–Crippen LogP) is 12.8. The third kappa shape index (κ3) is 28.7. The Kier molecular flexibility index (Phi) is 35.7. The molecular weight excluding hydrogens is 576 g/mol. The van der Waals surface area contributed by atoms with E-state index in [1.165, 1.54) is 173 Å². The number of rotatable bonds is 39. The highest BCUT2D eigenvalue weighted by Crippen LogP contribution is 2.29. The average molecular weight is 663 g/mol. The third-order valence-electron chi connectivity index (χ3n) is 10.4. The summed E-state index contributed by atoms with van der Waals surface area (Å²) in [6.45, 7) is 18.2. The quantitative estimate of drug-likeness (QED) is 0.0525. The molecule has 0 aliphatic carbocycles. The zero-order valence-electron chi connectivity index (χ0n) is 32.9. The van der Waals surface area contributed by atoms with Crippen LogP contribution < -0.4 is 5.32 Å². The molecular formula is C43H86N2O2. The molecule has 0 amide bonds. The van der Waals surface area contributed by atoms with Gasteiger partial charge in [0, 0.05) is 37.9 Å².